The molecular weight excluding hydrogens is 192 g/mol. The first-order valence-corrected chi connectivity index (χ1v) is 4.68. The number of aromatic carboxylic acids is 1. The van der Waals surface area contributed by atoms with Gasteiger partial charge in [0.25, 0.3) is 0 Å². The van der Waals surface area contributed by atoms with E-state index in [1.54, 1.807) is 6.92 Å². The Morgan fingerprint density at radius 1 is 1.53 bits per heavy atom. The van der Waals surface area contributed by atoms with Crippen LogP contribution in [0.2, 0.25) is 0 Å². The third kappa shape index (κ3) is 1.49. The summed E-state index contributed by atoms with van der Waals surface area (Å²) in [6.45, 7) is 2.17. The molecule has 4 nitrogen and oxygen atoms in total. The van der Waals surface area contributed by atoms with Crippen LogP contribution in [0.5, 0.6) is 0 Å². The number of nitrogens with one attached hydrogen (secondary N) is 1. The van der Waals surface area contributed by atoms with Crippen molar-refractivity contribution in [3.8, 4) is 0 Å². The van der Waals surface area contributed by atoms with E-state index in [1.165, 1.54) is 0 Å². The van der Waals surface area contributed by atoms with Crippen LogP contribution in [0.3, 0.4) is 0 Å². The molecule has 1 aromatic carbocycles. The van der Waals surface area contributed by atoms with Crippen molar-refractivity contribution in [2.24, 2.45) is 5.73 Å². The minimum Gasteiger partial charge on any atom is -0.478 e. The molecule has 0 aliphatic heterocycles. The Morgan fingerprint density at radius 2 is 2.27 bits per heavy atom. The number of benzene rings is 1. The van der Waals surface area contributed by atoms with Gasteiger partial charge in [-0.25, -0.2) is 4.79 Å². The first kappa shape index (κ1) is 9.73. The fourth-order valence-corrected chi connectivity index (χ4v) is 1.78. The minimum atomic E-state index is -0.909. The van der Waals surface area contributed by atoms with Crippen molar-refractivity contribution in [3.05, 3.63) is 35.0 Å². The third-order valence-corrected chi connectivity index (χ3v) is 2.50. The van der Waals surface area contributed by atoms with Crippen molar-refractivity contribution >= 4 is 16.9 Å². The quantitative estimate of drug-likeness (QED) is 0.695. The van der Waals surface area contributed by atoms with Gasteiger partial charge in [-0.05, 0) is 24.6 Å². The summed E-state index contributed by atoms with van der Waals surface area (Å²) < 4.78 is 0. The zero-order valence-corrected chi connectivity index (χ0v) is 8.37. The van der Waals surface area contributed by atoms with E-state index in [0.717, 1.165) is 16.5 Å². The normalized spacial score (nSPS) is 10.8. The molecule has 0 unspecified atom stereocenters. The number of fused-ring (bicyclic) bond motifs is 1. The molecule has 4 heteroatoms. The molecule has 15 heavy (non-hydrogen) atoms. The van der Waals surface area contributed by atoms with E-state index in [0.29, 0.717) is 17.8 Å². The number of aromatic amines is 1. The highest BCUT2D eigenvalue weighted by Crippen LogP contribution is 2.23. The van der Waals surface area contributed by atoms with E-state index < -0.39 is 5.97 Å². The van der Waals surface area contributed by atoms with Gasteiger partial charge in [0.2, 0.25) is 0 Å². The fraction of sp³-hybridized carbons (Fsp3) is 0.182. The lowest BCUT2D eigenvalue weighted by molar-refractivity contribution is 0.0698. The number of nitrogens with two attached hydrogens (primary N) is 1. The number of rotatable bonds is 2. The standard InChI is InChI=1S/C11H12N2O2/c1-6-10(11(14)15)8-4-7(5-12)2-3-9(8)13-6/h2-4,13H,5,12H2,1H3,(H,14,15). The van der Waals surface area contributed by atoms with Crippen LogP contribution in [0.4, 0.5) is 0 Å². The van der Waals surface area contributed by atoms with Gasteiger partial charge >= 0.3 is 5.97 Å². The molecule has 0 radical (unpaired) electrons. The number of H-pyrrole nitrogens is 1. The molecule has 78 valence electrons. The molecule has 2 aromatic rings. The summed E-state index contributed by atoms with van der Waals surface area (Å²) >= 11 is 0. The molecule has 0 saturated carbocycles. The maximum absolute atomic E-state index is 11.0. The minimum absolute atomic E-state index is 0.334. The van der Waals surface area contributed by atoms with Gasteiger partial charge in [0.05, 0.1) is 5.56 Å². The van der Waals surface area contributed by atoms with Crippen LogP contribution < -0.4 is 5.73 Å². The largest absolute Gasteiger partial charge is 0.478 e. The lowest BCUT2D eigenvalue weighted by atomic mass is 10.1. The van der Waals surface area contributed by atoms with Crippen LogP contribution in [-0.2, 0) is 6.54 Å². The van der Waals surface area contributed by atoms with Gasteiger partial charge in [0.15, 0.2) is 0 Å². The zero-order chi connectivity index (χ0) is 11.0. The molecule has 0 amide bonds. The Kier molecular flexibility index (Phi) is 2.21. The molecule has 0 atom stereocenters. The molecule has 4 N–H and O–H groups in total. The van der Waals surface area contributed by atoms with Gasteiger partial charge in [0.1, 0.15) is 0 Å². The molecule has 0 saturated heterocycles. The van der Waals surface area contributed by atoms with Gasteiger partial charge in [-0.2, -0.15) is 0 Å². The second kappa shape index (κ2) is 3.40. The Morgan fingerprint density at radius 3 is 2.87 bits per heavy atom. The predicted octanol–water partition coefficient (Wildman–Crippen LogP) is 1.63. The number of hydrogen-bond acceptors (Lipinski definition) is 2. The second-order valence-corrected chi connectivity index (χ2v) is 3.51. The summed E-state index contributed by atoms with van der Waals surface area (Å²) in [5, 5.41) is 9.79. The number of aryl methyl sites for hydroxylation is 1. The maximum Gasteiger partial charge on any atom is 0.338 e. The van der Waals surface area contributed by atoms with E-state index in [2.05, 4.69) is 4.98 Å². The molecule has 0 bridgehead atoms. The molecule has 0 spiro atoms. The number of hydrogen-bond donors (Lipinski definition) is 3. The van der Waals surface area contributed by atoms with Gasteiger partial charge in [-0.1, -0.05) is 6.07 Å². The molecule has 1 aromatic heterocycles. The summed E-state index contributed by atoms with van der Waals surface area (Å²) in [7, 11) is 0. The Hall–Kier alpha value is -1.81. The van der Waals surface area contributed by atoms with Gasteiger partial charge in [0, 0.05) is 23.1 Å². The van der Waals surface area contributed by atoms with Crippen LogP contribution in [0, 0.1) is 6.92 Å². The molecule has 0 fully saturated rings. The average Bonchev–Trinajstić information content (AvgIpc) is 2.52. The van der Waals surface area contributed by atoms with Crippen molar-refractivity contribution in [2.45, 2.75) is 13.5 Å². The van der Waals surface area contributed by atoms with Crippen molar-refractivity contribution in [2.75, 3.05) is 0 Å². The fourth-order valence-electron chi connectivity index (χ4n) is 1.78. The van der Waals surface area contributed by atoms with Crippen LogP contribution in [0.15, 0.2) is 18.2 Å². The predicted molar refractivity (Wildman–Crippen MR) is 57.9 cm³/mol. The van der Waals surface area contributed by atoms with E-state index in [1.807, 2.05) is 18.2 Å². The van der Waals surface area contributed by atoms with Gasteiger partial charge < -0.3 is 15.8 Å². The lowest BCUT2D eigenvalue weighted by Crippen LogP contribution is -1.98. The Labute approximate surface area is 86.7 Å². The first-order chi connectivity index (χ1) is 7.13. The van der Waals surface area contributed by atoms with Crippen LogP contribution in [0.1, 0.15) is 21.6 Å². The molecule has 0 aliphatic carbocycles. The monoisotopic (exact) mass is 204 g/mol. The van der Waals surface area contributed by atoms with Crippen LogP contribution in [-0.4, -0.2) is 16.1 Å². The number of carbonyl (C=O) groups is 1. The number of carboxylic acids is 1. The van der Waals surface area contributed by atoms with E-state index in [-0.39, 0.29) is 0 Å². The zero-order valence-electron chi connectivity index (χ0n) is 8.37. The lowest BCUT2D eigenvalue weighted by Gasteiger charge is -1.97. The van der Waals surface area contributed by atoms with E-state index in [9.17, 15) is 4.79 Å². The van der Waals surface area contributed by atoms with Gasteiger partial charge in [-0.15, -0.1) is 0 Å². The van der Waals surface area contributed by atoms with E-state index >= 15 is 0 Å². The van der Waals surface area contributed by atoms with Crippen LogP contribution in [0.25, 0.3) is 10.9 Å². The summed E-state index contributed by atoms with van der Waals surface area (Å²) in [5.41, 5.74) is 8.29. The Bertz CT molecular complexity index is 529. The summed E-state index contributed by atoms with van der Waals surface area (Å²) in [6, 6.07) is 5.57. The highest BCUT2D eigenvalue weighted by Gasteiger charge is 2.14. The van der Waals surface area contributed by atoms with E-state index in [4.69, 9.17) is 10.8 Å². The Balaban J connectivity index is 2.77. The maximum atomic E-state index is 11.0. The van der Waals surface area contributed by atoms with Gasteiger partial charge in [-0.3, -0.25) is 0 Å². The smallest absolute Gasteiger partial charge is 0.338 e. The SMILES string of the molecule is Cc1[nH]c2ccc(CN)cc2c1C(=O)O. The van der Waals surface area contributed by atoms with Crippen molar-refractivity contribution in [1.29, 1.82) is 0 Å². The third-order valence-electron chi connectivity index (χ3n) is 2.50. The van der Waals surface area contributed by atoms with Crippen LogP contribution >= 0.6 is 0 Å². The average molecular weight is 204 g/mol. The molecule has 1 heterocycles. The van der Waals surface area contributed by atoms with Crippen molar-refractivity contribution in [3.63, 3.8) is 0 Å². The van der Waals surface area contributed by atoms with Crippen molar-refractivity contribution in [1.82, 2.24) is 4.98 Å². The second-order valence-electron chi connectivity index (χ2n) is 3.51. The summed E-state index contributed by atoms with van der Waals surface area (Å²) in [5.74, 6) is -0.909. The van der Waals surface area contributed by atoms with Crippen molar-refractivity contribution < 1.29 is 9.90 Å². The highest BCUT2D eigenvalue weighted by molar-refractivity contribution is 6.04. The summed E-state index contributed by atoms with van der Waals surface area (Å²) in [4.78, 5) is 14.1. The molecule has 2 rings (SSSR count). The highest BCUT2D eigenvalue weighted by atomic mass is 16.4. The summed E-state index contributed by atoms with van der Waals surface area (Å²) in [6.07, 6.45) is 0. The topological polar surface area (TPSA) is 79.1 Å². The number of aromatic nitrogens is 1. The molecular formula is C11H12N2O2. The number of carboxylic acid groups (broad SMARTS) is 1. The first-order valence-electron chi connectivity index (χ1n) is 4.68. The molecule has 0 aliphatic rings.